The molecule has 1 aliphatic heterocycles. The number of halogens is 1. The van der Waals surface area contributed by atoms with E-state index in [4.69, 9.17) is 10.5 Å². The van der Waals surface area contributed by atoms with Gasteiger partial charge in [0.1, 0.15) is 0 Å². The second kappa shape index (κ2) is 6.12. The Hall–Kier alpha value is 0.0600. The van der Waals surface area contributed by atoms with E-state index in [0.29, 0.717) is 12.6 Å². The van der Waals surface area contributed by atoms with Crippen molar-refractivity contribution in [3.8, 4) is 0 Å². The molecule has 1 fully saturated rings. The van der Waals surface area contributed by atoms with Crippen LogP contribution in [-0.4, -0.2) is 25.3 Å². The summed E-state index contributed by atoms with van der Waals surface area (Å²) < 4.78 is 6.95. The number of nitrogens with two attached hydrogens (primary N) is 1. The maximum absolute atomic E-state index is 5.76. The average Bonchev–Trinajstić information content (AvgIpc) is 2.88. The van der Waals surface area contributed by atoms with Gasteiger partial charge in [0.25, 0.3) is 0 Å². The SMILES string of the molecule is NCC1CCC(CNCc2ccc(Br)s2)O1. The molecule has 3 N–H and O–H groups in total. The van der Waals surface area contributed by atoms with Gasteiger partial charge in [0.15, 0.2) is 0 Å². The fourth-order valence-corrected chi connectivity index (χ4v) is 3.36. The Morgan fingerprint density at radius 3 is 2.88 bits per heavy atom. The van der Waals surface area contributed by atoms with Gasteiger partial charge in [-0.25, -0.2) is 0 Å². The minimum atomic E-state index is 0.280. The van der Waals surface area contributed by atoms with Crippen molar-refractivity contribution in [1.82, 2.24) is 5.32 Å². The molecule has 1 aromatic heterocycles. The van der Waals surface area contributed by atoms with Gasteiger partial charge in [0, 0.05) is 24.5 Å². The molecule has 0 amide bonds. The van der Waals surface area contributed by atoms with Crippen LogP contribution in [0, 0.1) is 0 Å². The third-order valence-electron chi connectivity index (χ3n) is 2.76. The van der Waals surface area contributed by atoms with Gasteiger partial charge in [-0.05, 0) is 40.9 Å². The molecule has 0 spiro atoms. The van der Waals surface area contributed by atoms with Crippen LogP contribution in [0.2, 0.25) is 0 Å². The third-order valence-corrected chi connectivity index (χ3v) is 4.38. The maximum atomic E-state index is 5.76. The lowest BCUT2D eigenvalue weighted by molar-refractivity contribution is 0.0504. The summed E-state index contributed by atoms with van der Waals surface area (Å²) in [6.07, 6.45) is 2.86. The van der Waals surface area contributed by atoms with E-state index < -0.39 is 0 Å². The van der Waals surface area contributed by atoms with Crippen LogP contribution < -0.4 is 11.1 Å². The summed E-state index contributed by atoms with van der Waals surface area (Å²) >= 11 is 5.23. The first-order valence-electron chi connectivity index (χ1n) is 5.58. The van der Waals surface area contributed by atoms with Gasteiger partial charge in [0.2, 0.25) is 0 Å². The van der Waals surface area contributed by atoms with Gasteiger partial charge in [-0.3, -0.25) is 0 Å². The summed E-state index contributed by atoms with van der Waals surface area (Å²) in [4.78, 5) is 1.35. The Labute approximate surface area is 108 Å². The fourth-order valence-electron chi connectivity index (χ4n) is 1.91. The number of rotatable bonds is 5. The second-order valence-electron chi connectivity index (χ2n) is 4.03. The fraction of sp³-hybridized carbons (Fsp3) is 0.636. The Bertz CT molecular complexity index is 332. The van der Waals surface area contributed by atoms with E-state index in [9.17, 15) is 0 Å². The molecule has 1 saturated heterocycles. The zero-order valence-corrected chi connectivity index (χ0v) is 11.5. The lowest BCUT2D eigenvalue weighted by atomic mass is 10.2. The van der Waals surface area contributed by atoms with Crippen LogP contribution in [0.3, 0.4) is 0 Å². The minimum absolute atomic E-state index is 0.280. The van der Waals surface area contributed by atoms with Crippen molar-refractivity contribution in [3.63, 3.8) is 0 Å². The Morgan fingerprint density at radius 1 is 1.44 bits per heavy atom. The van der Waals surface area contributed by atoms with Gasteiger partial charge in [0.05, 0.1) is 16.0 Å². The van der Waals surface area contributed by atoms with Crippen molar-refractivity contribution in [3.05, 3.63) is 20.8 Å². The highest BCUT2D eigenvalue weighted by Gasteiger charge is 2.23. The molecule has 2 heterocycles. The largest absolute Gasteiger partial charge is 0.372 e. The summed E-state index contributed by atoms with van der Waals surface area (Å²) in [5.41, 5.74) is 5.57. The molecular formula is C11H17BrN2OS. The predicted octanol–water partition coefficient (Wildman–Crippen LogP) is 2.11. The zero-order valence-electron chi connectivity index (χ0n) is 9.12. The molecule has 90 valence electrons. The van der Waals surface area contributed by atoms with Crippen LogP contribution >= 0.6 is 27.3 Å². The smallest absolute Gasteiger partial charge is 0.0704 e. The molecule has 2 unspecified atom stereocenters. The second-order valence-corrected chi connectivity index (χ2v) is 6.58. The summed E-state index contributed by atoms with van der Waals surface area (Å²) in [5, 5.41) is 3.43. The molecular weight excluding hydrogens is 288 g/mol. The summed E-state index contributed by atoms with van der Waals surface area (Å²) in [7, 11) is 0. The van der Waals surface area contributed by atoms with Crippen LogP contribution in [-0.2, 0) is 11.3 Å². The van der Waals surface area contributed by atoms with Crippen molar-refractivity contribution in [2.45, 2.75) is 31.6 Å². The average molecular weight is 305 g/mol. The van der Waals surface area contributed by atoms with Crippen LogP contribution in [0.4, 0.5) is 0 Å². The van der Waals surface area contributed by atoms with Crippen molar-refractivity contribution in [2.24, 2.45) is 5.73 Å². The van der Waals surface area contributed by atoms with E-state index in [0.717, 1.165) is 25.9 Å². The zero-order chi connectivity index (χ0) is 11.4. The number of ether oxygens (including phenoxy) is 1. The molecule has 0 radical (unpaired) electrons. The van der Waals surface area contributed by atoms with E-state index in [1.807, 2.05) is 0 Å². The van der Waals surface area contributed by atoms with Crippen LogP contribution in [0.5, 0.6) is 0 Å². The van der Waals surface area contributed by atoms with E-state index in [-0.39, 0.29) is 6.10 Å². The van der Waals surface area contributed by atoms with Crippen LogP contribution in [0.1, 0.15) is 17.7 Å². The number of nitrogens with one attached hydrogen (secondary N) is 1. The van der Waals surface area contributed by atoms with Gasteiger partial charge in [-0.15, -0.1) is 11.3 Å². The molecule has 2 rings (SSSR count). The third kappa shape index (κ3) is 3.53. The van der Waals surface area contributed by atoms with Gasteiger partial charge < -0.3 is 15.8 Å². The molecule has 0 aliphatic carbocycles. The lowest BCUT2D eigenvalue weighted by Gasteiger charge is -2.12. The first-order chi connectivity index (χ1) is 7.78. The first kappa shape index (κ1) is 12.5. The van der Waals surface area contributed by atoms with E-state index in [1.54, 1.807) is 11.3 Å². The normalized spacial score (nSPS) is 25.1. The topological polar surface area (TPSA) is 47.3 Å². The highest BCUT2D eigenvalue weighted by atomic mass is 79.9. The van der Waals surface area contributed by atoms with Crippen molar-refractivity contribution >= 4 is 27.3 Å². The highest BCUT2D eigenvalue weighted by Crippen LogP contribution is 2.22. The molecule has 1 aliphatic rings. The Kier molecular flexibility index (Phi) is 4.79. The quantitative estimate of drug-likeness (QED) is 0.876. The number of hydrogen-bond acceptors (Lipinski definition) is 4. The molecule has 5 heteroatoms. The molecule has 0 bridgehead atoms. The number of thiophene rings is 1. The molecule has 0 aromatic carbocycles. The van der Waals surface area contributed by atoms with E-state index in [1.165, 1.54) is 8.66 Å². The van der Waals surface area contributed by atoms with E-state index in [2.05, 4.69) is 33.4 Å². The highest BCUT2D eigenvalue weighted by molar-refractivity contribution is 9.11. The van der Waals surface area contributed by atoms with Gasteiger partial charge in [-0.2, -0.15) is 0 Å². The van der Waals surface area contributed by atoms with Crippen molar-refractivity contribution in [1.29, 1.82) is 0 Å². The lowest BCUT2D eigenvalue weighted by Crippen LogP contribution is -2.28. The standard InChI is InChI=1S/C11H17BrN2OS/c12-11-4-3-10(16-11)7-14-6-9-2-1-8(5-13)15-9/h3-4,8-9,14H,1-2,5-7,13H2. The maximum Gasteiger partial charge on any atom is 0.0704 e. The summed E-state index contributed by atoms with van der Waals surface area (Å²) in [6.45, 7) is 2.49. The van der Waals surface area contributed by atoms with E-state index >= 15 is 0 Å². The summed E-state index contributed by atoms with van der Waals surface area (Å²) in [5.74, 6) is 0. The minimum Gasteiger partial charge on any atom is -0.372 e. The number of hydrogen-bond donors (Lipinski definition) is 2. The van der Waals surface area contributed by atoms with Crippen molar-refractivity contribution in [2.75, 3.05) is 13.1 Å². The molecule has 3 nitrogen and oxygen atoms in total. The van der Waals surface area contributed by atoms with Crippen LogP contribution in [0.15, 0.2) is 15.9 Å². The van der Waals surface area contributed by atoms with Crippen LogP contribution in [0.25, 0.3) is 0 Å². The van der Waals surface area contributed by atoms with Crippen molar-refractivity contribution < 1.29 is 4.74 Å². The molecule has 2 atom stereocenters. The monoisotopic (exact) mass is 304 g/mol. The Balaban J connectivity index is 1.65. The summed E-state index contributed by atoms with van der Waals surface area (Å²) in [6, 6.07) is 4.22. The predicted molar refractivity (Wildman–Crippen MR) is 70.7 cm³/mol. The molecule has 0 saturated carbocycles. The molecule has 16 heavy (non-hydrogen) atoms. The first-order valence-corrected chi connectivity index (χ1v) is 7.19. The Morgan fingerprint density at radius 2 is 2.25 bits per heavy atom. The van der Waals surface area contributed by atoms with Gasteiger partial charge in [-0.1, -0.05) is 0 Å². The van der Waals surface area contributed by atoms with Gasteiger partial charge >= 0.3 is 0 Å². The molecule has 1 aromatic rings.